The number of aromatic nitrogens is 2. The Kier molecular flexibility index (Phi) is 6.21. The summed E-state index contributed by atoms with van der Waals surface area (Å²) in [6.07, 6.45) is 2.37. The van der Waals surface area contributed by atoms with E-state index in [9.17, 15) is 4.79 Å². The van der Waals surface area contributed by atoms with E-state index in [0.29, 0.717) is 37.0 Å². The van der Waals surface area contributed by atoms with Crippen LogP contribution in [0.1, 0.15) is 29.4 Å². The second-order valence-corrected chi connectivity index (χ2v) is 4.37. The van der Waals surface area contributed by atoms with E-state index >= 15 is 0 Å². The van der Waals surface area contributed by atoms with Crippen LogP contribution in [0, 0.1) is 6.92 Å². The van der Waals surface area contributed by atoms with Crippen LogP contribution in [0.2, 0.25) is 0 Å². The van der Waals surface area contributed by atoms with E-state index in [1.807, 2.05) is 27.9 Å². The van der Waals surface area contributed by atoms with E-state index in [2.05, 4.69) is 15.3 Å². The average Bonchev–Trinajstić information content (AvgIpc) is 2.38. The zero-order valence-electron chi connectivity index (χ0n) is 12.1. The van der Waals surface area contributed by atoms with Gasteiger partial charge in [-0.05, 0) is 20.3 Å². The number of nitrogens with zero attached hydrogens (tertiary/aromatic N) is 3. The molecule has 1 aromatic heterocycles. The van der Waals surface area contributed by atoms with Gasteiger partial charge in [-0.25, -0.2) is 9.97 Å². The lowest BCUT2D eigenvalue weighted by Crippen LogP contribution is -2.27. The largest absolute Gasteiger partial charge is 0.382 e. The number of carbonyl (C=O) groups excluding carboxylic acids is 1. The maximum absolute atomic E-state index is 11.9. The second-order valence-electron chi connectivity index (χ2n) is 4.37. The van der Waals surface area contributed by atoms with Gasteiger partial charge in [0, 0.05) is 40.1 Å². The predicted molar refractivity (Wildman–Crippen MR) is 74.5 cm³/mol. The molecule has 1 amide bonds. The second kappa shape index (κ2) is 7.68. The molecule has 6 heteroatoms. The van der Waals surface area contributed by atoms with E-state index < -0.39 is 0 Å². The van der Waals surface area contributed by atoms with Crippen LogP contribution < -0.4 is 10.2 Å². The molecule has 0 aliphatic carbocycles. The third kappa shape index (κ3) is 4.82. The van der Waals surface area contributed by atoms with Gasteiger partial charge in [0.2, 0.25) is 5.95 Å². The van der Waals surface area contributed by atoms with Crippen LogP contribution >= 0.6 is 0 Å². The third-order valence-corrected chi connectivity index (χ3v) is 2.57. The molecule has 1 N–H and O–H groups in total. The fourth-order valence-electron chi connectivity index (χ4n) is 1.51. The van der Waals surface area contributed by atoms with Crippen molar-refractivity contribution in [3.8, 4) is 0 Å². The standard InChI is InChI=1S/C13H22N4O2/c1-5-19-8-6-7-14-12(18)11-9-15-13(17(3)4)16-10(11)2/h9H,5-8H2,1-4H3,(H,14,18). The van der Waals surface area contributed by atoms with Crippen LogP contribution in [-0.2, 0) is 4.74 Å². The molecule has 0 radical (unpaired) electrons. The van der Waals surface area contributed by atoms with Gasteiger partial charge in [-0.15, -0.1) is 0 Å². The smallest absolute Gasteiger partial charge is 0.254 e. The number of rotatable bonds is 7. The maximum Gasteiger partial charge on any atom is 0.254 e. The Balaban J connectivity index is 2.53. The van der Waals surface area contributed by atoms with Gasteiger partial charge in [0.05, 0.1) is 11.3 Å². The number of hydrogen-bond donors (Lipinski definition) is 1. The summed E-state index contributed by atoms with van der Waals surface area (Å²) in [7, 11) is 3.73. The van der Waals surface area contributed by atoms with Gasteiger partial charge in [-0.1, -0.05) is 0 Å². The lowest BCUT2D eigenvalue weighted by atomic mass is 10.2. The molecule has 6 nitrogen and oxygen atoms in total. The number of anilines is 1. The molecule has 1 aromatic rings. The minimum absolute atomic E-state index is 0.140. The number of carbonyl (C=O) groups is 1. The van der Waals surface area contributed by atoms with Crippen LogP contribution in [0.25, 0.3) is 0 Å². The SMILES string of the molecule is CCOCCCNC(=O)c1cnc(N(C)C)nc1C. The summed E-state index contributed by atoms with van der Waals surface area (Å²) < 4.78 is 5.21. The maximum atomic E-state index is 11.9. The van der Waals surface area contributed by atoms with Crippen molar-refractivity contribution >= 4 is 11.9 Å². The number of amides is 1. The average molecular weight is 266 g/mol. The van der Waals surface area contributed by atoms with Crippen molar-refractivity contribution in [3.63, 3.8) is 0 Å². The van der Waals surface area contributed by atoms with E-state index in [1.54, 1.807) is 11.1 Å². The molecule has 0 saturated carbocycles. The Labute approximate surface area is 114 Å². The van der Waals surface area contributed by atoms with Crippen molar-refractivity contribution in [3.05, 3.63) is 17.5 Å². The first-order valence-corrected chi connectivity index (χ1v) is 6.43. The summed E-state index contributed by atoms with van der Waals surface area (Å²) >= 11 is 0. The van der Waals surface area contributed by atoms with Crippen molar-refractivity contribution in [2.24, 2.45) is 0 Å². The molecule has 0 aromatic carbocycles. The lowest BCUT2D eigenvalue weighted by molar-refractivity contribution is 0.0943. The van der Waals surface area contributed by atoms with Gasteiger partial charge in [0.15, 0.2) is 0 Å². The Morgan fingerprint density at radius 2 is 2.21 bits per heavy atom. The summed E-state index contributed by atoms with van der Waals surface area (Å²) in [6.45, 7) is 5.71. The molecule has 0 fully saturated rings. The number of nitrogens with one attached hydrogen (secondary N) is 1. The monoisotopic (exact) mass is 266 g/mol. The van der Waals surface area contributed by atoms with Crippen LogP contribution in [0.5, 0.6) is 0 Å². The van der Waals surface area contributed by atoms with Gasteiger partial charge in [0.25, 0.3) is 5.91 Å². The Bertz CT molecular complexity index is 421. The molecule has 0 aliphatic rings. The van der Waals surface area contributed by atoms with E-state index in [4.69, 9.17) is 4.74 Å². The van der Waals surface area contributed by atoms with Crippen molar-refractivity contribution in [2.45, 2.75) is 20.3 Å². The zero-order valence-corrected chi connectivity index (χ0v) is 12.1. The van der Waals surface area contributed by atoms with Crippen LogP contribution in [0.4, 0.5) is 5.95 Å². The topological polar surface area (TPSA) is 67.3 Å². The van der Waals surface area contributed by atoms with Crippen LogP contribution in [0.3, 0.4) is 0 Å². The quantitative estimate of drug-likeness (QED) is 0.746. The van der Waals surface area contributed by atoms with Crippen molar-refractivity contribution in [1.29, 1.82) is 0 Å². The molecule has 0 spiro atoms. The van der Waals surface area contributed by atoms with Gasteiger partial charge in [-0.2, -0.15) is 0 Å². The predicted octanol–water partition coefficient (Wildman–Crippen LogP) is 1.01. The van der Waals surface area contributed by atoms with Crippen molar-refractivity contribution in [1.82, 2.24) is 15.3 Å². The molecule has 0 saturated heterocycles. The highest BCUT2D eigenvalue weighted by molar-refractivity contribution is 5.94. The fraction of sp³-hybridized carbons (Fsp3) is 0.615. The van der Waals surface area contributed by atoms with E-state index in [0.717, 1.165) is 6.42 Å². The summed E-state index contributed by atoms with van der Waals surface area (Å²) in [6, 6.07) is 0. The van der Waals surface area contributed by atoms with Gasteiger partial charge < -0.3 is 15.0 Å². The van der Waals surface area contributed by atoms with E-state index in [-0.39, 0.29) is 5.91 Å². The Morgan fingerprint density at radius 3 is 2.79 bits per heavy atom. The summed E-state index contributed by atoms with van der Waals surface area (Å²) in [5.41, 5.74) is 1.20. The first-order chi connectivity index (χ1) is 9.06. The lowest BCUT2D eigenvalue weighted by Gasteiger charge is -2.12. The third-order valence-electron chi connectivity index (χ3n) is 2.57. The molecule has 106 valence electrons. The summed E-state index contributed by atoms with van der Waals surface area (Å²) in [4.78, 5) is 22.2. The Morgan fingerprint density at radius 1 is 1.47 bits per heavy atom. The molecule has 0 aliphatic heterocycles. The first-order valence-electron chi connectivity index (χ1n) is 6.43. The highest BCUT2D eigenvalue weighted by atomic mass is 16.5. The molecule has 1 rings (SSSR count). The highest BCUT2D eigenvalue weighted by Gasteiger charge is 2.11. The minimum atomic E-state index is -0.140. The molecule has 0 atom stereocenters. The molecule has 19 heavy (non-hydrogen) atoms. The first kappa shape index (κ1) is 15.4. The zero-order chi connectivity index (χ0) is 14.3. The van der Waals surface area contributed by atoms with Crippen molar-refractivity contribution < 1.29 is 9.53 Å². The van der Waals surface area contributed by atoms with Gasteiger partial charge in [0.1, 0.15) is 0 Å². The highest BCUT2D eigenvalue weighted by Crippen LogP contribution is 2.08. The number of hydrogen-bond acceptors (Lipinski definition) is 5. The summed E-state index contributed by atoms with van der Waals surface area (Å²) in [5, 5.41) is 2.83. The van der Waals surface area contributed by atoms with Crippen LogP contribution in [-0.4, -0.2) is 49.7 Å². The minimum Gasteiger partial charge on any atom is -0.382 e. The molecule has 0 unspecified atom stereocenters. The van der Waals surface area contributed by atoms with E-state index in [1.165, 1.54) is 0 Å². The fourth-order valence-corrected chi connectivity index (χ4v) is 1.51. The molecular formula is C13H22N4O2. The summed E-state index contributed by atoms with van der Waals surface area (Å²) in [5.74, 6) is 0.463. The Hall–Kier alpha value is -1.69. The van der Waals surface area contributed by atoms with Crippen LogP contribution in [0.15, 0.2) is 6.20 Å². The molecule has 0 bridgehead atoms. The van der Waals surface area contributed by atoms with Crippen molar-refractivity contribution in [2.75, 3.05) is 38.8 Å². The normalized spacial score (nSPS) is 10.3. The number of aryl methyl sites for hydroxylation is 1. The van der Waals surface area contributed by atoms with Gasteiger partial charge >= 0.3 is 0 Å². The molecule has 1 heterocycles. The van der Waals surface area contributed by atoms with Gasteiger partial charge in [-0.3, -0.25) is 4.79 Å². The number of ether oxygens (including phenoxy) is 1. The molecular weight excluding hydrogens is 244 g/mol.